The lowest BCUT2D eigenvalue weighted by Gasteiger charge is -2.17. The largest absolute Gasteiger partial charge is 0.456 e. The Morgan fingerprint density at radius 1 is 0.395 bits per heavy atom. The smallest absolute Gasteiger partial charge is 0.136 e. The molecule has 0 spiro atoms. The van der Waals surface area contributed by atoms with Crippen LogP contribution in [-0.2, 0) is 0 Å². The van der Waals surface area contributed by atoms with Gasteiger partial charge in [0.1, 0.15) is 11.2 Å². The predicted octanol–water partition coefficient (Wildman–Crippen LogP) is 11.4. The highest BCUT2D eigenvalue weighted by Crippen LogP contribution is 2.44. The van der Waals surface area contributed by atoms with Gasteiger partial charge in [-0.05, 0) is 67.2 Å². The van der Waals surface area contributed by atoms with E-state index in [2.05, 4.69) is 146 Å². The Morgan fingerprint density at radius 2 is 1.02 bits per heavy atom. The molecule has 43 heavy (non-hydrogen) atoms. The van der Waals surface area contributed by atoms with Crippen LogP contribution in [0.4, 0.5) is 0 Å². The van der Waals surface area contributed by atoms with Crippen molar-refractivity contribution in [1.82, 2.24) is 4.98 Å². The molecular weight excluding hydrogens is 522 g/mol. The minimum absolute atomic E-state index is 0.890. The number of aromatic nitrogens is 1. The number of hydrogen-bond donors (Lipinski definition) is 0. The fraction of sp³-hybridized carbons (Fsp3) is 0. The van der Waals surface area contributed by atoms with Crippen molar-refractivity contribution in [2.75, 3.05) is 0 Å². The van der Waals surface area contributed by atoms with Crippen LogP contribution in [-0.4, -0.2) is 4.98 Å². The maximum atomic E-state index is 6.34. The summed E-state index contributed by atoms with van der Waals surface area (Å²) in [6, 6.07) is 51.5. The highest BCUT2D eigenvalue weighted by molar-refractivity contribution is 6.23. The van der Waals surface area contributed by atoms with E-state index in [-0.39, 0.29) is 0 Å². The molecule has 0 fully saturated rings. The molecule has 0 N–H and O–H groups in total. The first-order valence-electron chi connectivity index (χ1n) is 14.6. The Kier molecular flexibility index (Phi) is 5.23. The second kappa shape index (κ2) is 9.40. The number of hydrogen-bond acceptors (Lipinski definition) is 2. The molecule has 0 unspecified atom stereocenters. The zero-order chi connectivity index (χ0) is 28.3. The lowest BCUT2D eigenvalue weighted by Crippen LogP contribution is -1.92. The lowest BCUT2D eigenvalue weighted by molar-refractivity contribution is 0.669. The van der Waals surface area contributed by atoms with Crippen molar-refractivity contribution < 1.29 is 4.42 Å². The van der Waals surface area contributed by atoms with Crippen LogP contribution in [0, 0.1) is 0 Å². The van der Waals surface area contributed by atoms with E-state index >= 15 is 0 Å². The van der Waals surface area contributed by atoms with E-state index < -0.39 is 0 Å². The number of nitrogens with zero attached hydrogens (tertiary/aromatic N) is 1. The van der Waals surface area contributed by atoms with E-state index in [0.29, 0.717) is 0 Å². The van der Waals surface area contributed by atoms with Crippen molar-refractivity contribution in [3.05, 3.63) is 152 Å². The Hall–Kier alpha value is -5.73. The van der Waals surface area contributed by atoms with Crippen molar-refractivity contribution in [1.29, 1.82) is 0 Å². The number of fused-ring (bicyclic) bond motifs is 7. The molecule has 0 radical (unpaired) electrons. The van der Waals surface area contributed by atoms with Gasteiger partial charge in [0.15, 0.2) is 0 Å². The predicted molar refractivity (Wildman–Crippen MR) is 180 cm³/mol. The molecule has 2 heteroatoms. The molecule has 0 atom stereocenters. The first kappa shape index (κ1) is 23.9. The molecule has 2 aromatic heterocycles. The van der Waals surface area contributed by atoms with Crippen LogP contribution in [0.1, 0.15) is 0 Å². The van der Waals surface area contributed by atoms with Crippen molar-refractivity contribution >= 4 is 54.3 Å². The van der Waals surface area contributed by atoms with Crippen LogP contribution in [0.15, 0.2) is 156 Å². The number of benzene rings is 7. The van der Waals surface area contributed by atoms with E-state index in [4.69, 9.17) is 9.40 Å². The molecule has 200 valence electrons. The van der Waals surface area contributed by atoms with Gasteiger partial charge in [-0.2, -0.15) is 0 Å². The van der Waals surface area contributed by atoms with E-state index in [0.717, 1.165) is 44.3 Å². The highest BCUT2D eigenvalue weighted by atomic mass is 16.3. The van der Waals surface area contributed by atoms with E-state index in [1.54, 1.807) is 0 Å². The minimum atomic E-state index is 0.890. The third kappa shape index (κ3) is 3.63. The monoisotopic (exact) mass is 547 g/mol. The van der Waals surface area contributed by atoms with Gasteiger partial charge in [-0.3, -0.25) is 4.98 Å². The Bertz CT molecular complexity index is 2430. The minimum Gasteiger partial charge on any atom is -0.456 e. The van der Waals surface area contributed by atoms with Crippen LogP contribution in [0.5, 0.6) is 0 Å². The first-order chi connectivity index (χ1) is 21.3. The molecule has 9 rings (SSSR count). The summed E-state index contributed by atoms with van der Waals surface area (Å²) >= 11 is 0. The van der Waals surface area contributed by atoms with Gasteiger partial charge < -0.3 is 4.42 Å². The van der Waals surface area contributed by atoms with Crippen LogP contribution in [0.2, 0.25) is 0 Å². The maximum Gasteiger partial charge on any atom is 0.136 e. The molecule has 2 heterocycles. The summed E-state index contributed by atoms with van der Waals surface area (Å²) in [7, 11) is 0. The van der Waals surface area contributed by atoms with E-state index in [1.165, 1.54) is 43.4 Å². The third-order valence-electron chi connectivity index (χ3n) is 8.71. The summed E-state index contributed by atoms with van der Waals surface area (Å²) in [5.74, 6) is 0. The Balaban J connectivity index is 1.27. The molecule has 0 bridgehead atoms. The van der Waals surface area contributed by atoms with Crippen LogP contribution < -0.4 is 0 Å². The maximum absolute atomic E-state index is 6.34. The van der Waals surface area contributed by atoms with Gasteiger partial charge in [0, 0.05) is 28.1 Å². The fourth-order valence-corrected chi connectivity index (χ4v) is 6.85. The first-order valence-corrected chi connectivity index (χ1v) is 14.6. The average molecular weight is 548 g/mol. The Labute approximate surface area is 248 Å². The van der Waals surface area contributed by atoms with Crippen LogP contribution >= 0.6 is 0 Å². The van der Waals surface area contributed by atoms with Crippen molar-refractivity contribution in [3.8, 4) is 33.5 Å². The summed E-state index contributed by atoms with van der Waals surface area (Å²) in [6.07, 6.45) is 2.02. The van der Waals surface area contributed by atoms with Crippen molar-refractivity contribution in [3.63, 3.8) is 0 Å². The summed E-state index contributed by atoms with van der Waals surface area (Å²) in [4.78, 5) is 5.13. The summed E-state index contributed by atoms with van der Waals surface area (Å²) < 4.78 is 6.34. The second-order valence-electron chi connectivity index (χ2n) is 11.1. The molecule has 0 saturated heterocycles. The number of rotatable bonds is 3. The standard InChI is InChI=1S/C41H25NO/c1-2-12-27(13-3-1)38-31-15-6-8-17-33(31)39(34-18-9-7-16-32(34)38)35-23-21-28(25-42-35)30-19-10-20-36-41(30)40-29-14-5-4-11-26(29)22-24-37(40)43-36/h1-25H. The third-order valence-corrected chi connectivity index (χ3v) is 8.71. The van der Waals surface area contributed by atoms with Crippen molar-refractivity contribution in [2.24, 2.45) is 0 Å². The van der Waals surface area contributed by atoms with Crippen molar-refractivity contribution in [2.45, 2.75) is 0 Å². The molecule has 0 aliphatic carbocycles. The fourth-order valence-electron chi connectivity index (χ4n) is 6.85. The molecule has 9 aromatic rings. The van der Waals surface area contributed by atoms with Gasteiger partial charge >= 0.3 is 0 Å². The van der Waals surface area contributed by atoms with Gasteiger partial charge in [-0.25, -0.2) is 0 Å². The second-order valence-corrected chi connectivity index (χ2v) is 11.1. The van der Waals surface area contributed by atoms with E-state index in [1.807, 2.05) is 6.20 Å². The SMILES string of the molecule is c1ccc(-c2c3ccccc3c(-c3ccc(-c4cccc5oc6ccc7ccccc7c6c45)cn3)c3ccccc23)cc1. The van der Waals surface area contributed by atoms with E-state index in [9.17, 15) is 0 Å². The number of pyridine rings is 1. The zero-order valence-electron chi connectivity index (χ0n) is 23.3. The molecule has 0 aliphatic heterocycles. The molecule has 7 aromatic carbocycles. The normalized spacial score (nSPS) is 11.7. The molecule has 0 amide bonds. The lowest BCUT2D eigenvalue weighted by atomic mass is 9.87. The quantitative estimate of drug-likeness (QED) is 0.206. The molecule has 0 saturated carbocycles. The molecular formula is C41H25NO. The topological polar surface area (TPSA) is 26.0 Å². The van der Waals surface area contributed by atoms with Gasteiger partial charge in [-0.15, -0.1) is 0 Å². The Morgan fingerprint density at radius 3 is 1.72 bits per heavy atom. The number of furan rings is 1. The van der Waals surface area contributed by atoms with Crippen LogP contribution in [0.25, 0.3) is 87.8 Å². The zero-order valence-corrected chi connectivity index (χ0v) is 23.3. The van der Waals surface area contributed by atoms with Gasteiger partial charge in [0.25, 0.3) is 0 Å². The summed E-state index contributed by atoms with van der Waals surface area (Å²) in [5.41, 5.74) is 8.60. The molecule has 2 nitrogen and oxygen atoms in total. The molecule has 0 aliphatic rings. The van der Waals surface area contributed by atoms with Gasteiger partial charge in [-0.1, -0.05) is 127 Å². The average Bonchev–Trinajstić information content (AvgIpc) is 3.47. The summed E-state index contributed by atoms with van der Waals surface area (Å²) in [6.45, 7) is 0. The van der Waals surface area contributed by atoms with Crippen LogP contribution in [0.3, 0.4) is 0 Å². The summed E-state index contributed by atoms with van der Waals surface area (Å²) in [5, 5.41) is 9.56. The van der Waals surface area contributed by atoms with Gasteiger partial charge in [0.2, 0.25) is 0 Å². The highest BCUT2D eigenvalue weighted by Gasteiger charge is 2.18. The van der Waals surface area contributed by atoms with Gasteiger partial charge in [0.05, 0.1) is 5.69 Å².